The maximum atomic E-state index is 13.3. The number of amides is 2. The third kappa shape index (κ3) is 5.18. The van der Waals surface area contributed by atoms with E-state index in [1.807, 2.05) is 74.5 Å². The fourth-order valence-electron chi connectivity index (χ4n) is 3.95. The van der Waals surface area contributed by atoms with Crippen molar-refractivity contribution in [2.45, 2.75) is 25.9 Å². The lowest BCUT2D eigenvalue weighted by molar-refractivity contribution is 0.0881. The lowest BCUT2D eigenvalue weighted by Crippen LogP contribution is -2.41. The quantitative estimate of drug-likeness (QED) is 0.426. The first kappa shape index (κ1) is 22.9. The molecule has 2 aromatic heterocycles. The summed E-state index contributed by atoms with van der Waals surface area (Å²) in [6.45, 7) is 3.80. The predicted molar refractivity (Wildman–Crippen MR) is 131 cm³/mol. The largest absolute Gasteiger partial charge is 0.343 e. The van der Waals surface area contributed by atoms with E-state index in [-0.39, 0.29) is 11.8 Å². The van der Waals surface area contributed by atoms with Crippen LogP contribution in [-0.2, 0) is 0 Å². The second-order valence-electron chi connectivity index (χ2n) is 8.09. The minimum absolute atomic E-state index is 0.218. The van der Waals surface area contributed by atoms with E-state index in [1.165, 1.54) is 0 Å². The molecule has 0 aliphatic rings. The molecule has 4 rings (SSSR count). The smallest absolute Gasteiger partial charge is 0.252 e. The number of benzene rings is 2. The Labute approximate surface area is 199 Å². The molecular formula is C28H26N4O2. The average molecular weight is 451 g/mol. The fourth-order valence-corrected chi connectivity index (χ4v) is 3.95. The van der Waals surface area contributed by atoms with Gasteiger partial charge in [0.05, 0.1) is 12.1 Å². The van der Waals surface area contributed by atoms with Crippen LogP contribution in [0.1, 0.15) is 55.1 Å². The van der Waals surface area contributed by atoms with Crippen molar-refractivity contribution in [3.8, 4) is 0 Å². The maximum Gasteiger partial charge on any atom is 0.252 e. The molecule has 0 fully saturated rings. The Bertz CT molecular complexity index is 1170. The average Bonchev–Trinajstić information content (AvgIpc) is 2.87. The van der Waals surface area contributed by atoms with Crippen molar-refractivity contribution in [1.82, 2.24) is 20.6 Å². The lowest BCUT2D eigenvalue weighted by atomic mass is 9.93. The van der Waals surface area contributed by atoms with E-state index < -0.39 is 12.1 Å². The molecule has 2 amide bonds. The van der Waals surface area contributed by atoms with Gasteiger partial charge in [-0.25, -0.2) is 0 Å². The molecule has 0 spiro atoms. The van der Waals surface area contributed by atoms with Crippen molar-refractivity contribution in [3.05, 3.63) is 131 Å². The molecule has 0 unspecified atom stereocenters. The van der Waals surface area contributed by atoms with Gasteiger partial charge in [0, 0.05) is 35.9 Å². The van der Waals surface area contributed by atoms with Crippen LogP contribution in [0.5, 0.6) is 0 Å². The topological polar surface area (TPSA) is 84.0 Å². The molecule has 0 saturated carbocycles. The number of hydrogen-bond donors (Lipinski definition) is 2. The Kier molecular flexibility index (Phi) is 7.08. The number of carbonyl (C=O) groups excluding carboxylic acids is 2. The van der Waals surface area contributed by atoms with E-state index in [0.29, 0.717) is 11.1 Å². The van der Waals surface area contributed by atoms with Crippen molar-refractivity contribution >= 4 is 11.8 Å². The highest BCUT2D eigenvalue weighted by atomic mass is 16.2. The Morgan fingerprint density at radius 2 is 0.941 bits per heavy atom. The summed E-state index contributed by atoms with van der Waals surface area (Å²) in [5, 5.41) is 6.32. The number of aryl methyl sites for hydroxylation is 2. The normalized spacial score (nSPS) is 12.4. The zero-order valence-corrected chi connectivity index (χ0v) is 19.1. The molecular weight excluding hydrogens is 424 g/mol. The van der Waals surface area contributed by atoms with Gasteiger partial charge in [-0.1, -0.05) is 36.4 Å². The van der Waals surface area contributed by atoms with E-state index in [1.54, 1.807) is 36.9 Å². The van der Waals surface area contributed by atoms with Gasteiger partial charge in [-0.3, -0.25) is 19.6 Å². The molecule has 0 radical (unpaired) electrons. The predicted octanol–water partition coefficient (Wildman–Crippen LogP) is 4.74. The number of nitrogens with zero attached hydrogens (tertiary/aromatic N) is 2. The van der Waals surface area contributed by atoms with E-state index in [0.717, 1.165) is 22.3 Å². The summed E-state index contributed by atoms with van der Waals surface area (Å²) in [4.78, 5) is 34.9. The van der Waals surface area contributed by atoms with Crippen molar-refractivity contribution in [2.24, 2.45) is 0 Å². The zero-order valence-electron chi connectivity index (χ0n) is 19.1. The zero-order chi connectivity index (χ0) is 23.9. The summed E-state index contributed by atoms with van der Waals surface area (Å²) in [5.74, 6) is -0.437. The van der Waals surface area contributed by atoms with Crippen LogP contribution in [-0.4, -0.2) is 21.8 Å². The maximum absolute atomic E-state index is 13.3. The van der Waals surface area contributed by atoms with Gasteiger partial charge in [0.25, 0.3) is 11.8 Å². The molecule has 4 aromatic rings. The Hall–Kier alpha value is -4.32. The molecule has 34 heavy (non-hydrogen) atoms. The summed E-state index contributed by atoms with van der Waals surface area (Å²) in [7, 11) is 0. The van der Waals surface area contributed by atoms with E-state index >= 15 is 0 Å². The van der Waals surface area contributed by atoms with E-state index in [4.69, 9.17) is 0 Å². The number of aromatic nitrogens is 2. The van der Waals surface area contributed by atoms with Crippen LogP contribution in [0.4, 0.5) is 0 Å². The number of nitrogens with one attached hydrogen (secondary N) is 2. The number of pyridine rings is 2. The highest BCUT2D eigenvalue weighted by Gasteiger charge is 2.29. The van der Waals surface area contributed by atoms with Crippen molar-refractivity contribution in [1.29, 1.82) is 0 Å². The molecule has 2 heterocycles. The van der Waals surface area contributed by atoms with Gasteiger partial charge in [-0.05, 0) is 72.5 Å². The van der Waals surface area contributed by atoms with Crippen molar-refractivity contribution < 1.29 is 9.59 Å². The van der Waals surface area contributed by atoms with E-state index in [2.05, 4.69) is 20.6 Å². The molecule has 2 atom stereocenters. The first-order chi connectivity index (χ1) is 16.5. The third-order valence-electron chi connectivity index (χ3n) is 5.82. The monoisotopic (exact) mass is 450 g/mol. The van der Waals surface area contributed by atoms with Crippen LogP contribution in [0.2, 0.25) is 0 Å². The molecule has 6 nitrogen and oxygen atoms in total. The number of carbonyl (C=O) groups is 2. The molecule has 0 aliphatic carbocycles. The fraction of sp³-hybridized carbons (Fsp3) is 0.143. The summed E-state index contributed by atoms with van der Waals surface area (Å²) >= 11 is 0. The van der Waals surface area contributed by atoms with Gasteiger partial charge in [0.1, 0.15) is 0 Å². The standard InChI is InChI=1S/C28H26N4O2/c1-19-7-3-5-9-23(19)27(33)31-25(21-11-15-29-16-12-21)26(22-13-17-30-18-14-22)32-28(34)24-10-6-4-8-20(24)2/h3-18,25-26H,1-2H3,(H,31,33)(H,32,34)/t25-,26-/m1/s1. The van der Waals surface area contributed by atoms with Gasteiger partial charge >= 0.3 is 0 Å². The van der Waals surface area contributed by atoms with Gasteiger partial charge < -0.3 is 10.6 Å². The molecule has 0 aliphatic heterocycles. The Morgan fingerprint density at radius 1 is 0.588 bits per heavy atom. The highest BCUT2D eigenvalue weighted by Crippen LogP contribution is 2.30. The lowest BCUT2D eigenvalue weighted by Gasteiger charge is -2.30. The minimum atomic E-state index is -0.550. The van der Waals surface area contributed by atoms with Crippen LogP contribution < -0.4 is 10.6 Å². The molecule has 0 saturated heterocycles. The molecule has 6 heteroatoms. The van der Waals surface area contributed by atoms with Crippen LogP contribution in [0.25, 0.3) is 0 Å². The first-order valence-electron chi connectivity index (χ1n) is 11.1. The summed E-state index contributed by atoms with van der Waals surface area (Å²) in [5.41, 5.74) is 4.56. The number of hydrogen-bond acceptors (Lipinski definition) is 4. The summed E-state index contributed by atoms with van der Waals surface area (Å²) < 4.78 is 0. The van der Waals surface area contributed by atoms with Crippen molar-refractivity contribution in [2.75, 3.05) is 0 Å². The number of rotatable bonds is 7. The molecule has 2 N–H and O–H groups in total. The van der Waals surface area contributed by atoms with Crippen LogP contribution in [0.15, 0.2) is 97.6 Å². The summed E-state index contributed by atoms with van der Waals surface area (Å²) in [6, 6.07) is 21.1. The van der Waals surface area contributed by atoms with Gasteiger partial charge in [0.2, 0.25) is 0 Å². The van der Waals surface area contributed by atoms with Crippen LogP contribution in [0, 0.1) is 13.8 Å². The SMILES string of the molecule is Cc1ccccc1C(=O)N[C@H](c1ccncc1)[C@H](NC(=O)c1ccccc1C)c1ccncc1. The minimum Gasteiger partial charge on any atom is -0.343 e. The second kappa shape index (κ2) is 10.5. The Balaban J connectivity index is 1.75. The van der Waals surface area contributed by atoms with Gasteiger partial charge in [-0.2, -0.15) is 0 Å². The summed E-state index contributed by atoms with van der Waals surface area (Å²) in [6.07, 6.45) is 6.70. The van der Waals surface area contributed by atoms with Crippen molar-refractivity contribution in [3.63, 3.8) is 0 Å². The molecule has 0 bridgehead atoms. The third-order valence-corrected chi connectivity index (χ3v) is 5.82. The highest BCUT2D eigenvalue weighted by molar-refractivity contribution is 5.97. The Morgan fingerprint density at radius 3 is 1.29 bits per heavy atom. The van der Waals surface area contributed by atoms with Gasteiger partial charge in [-0.15, -0.1) is 0 Å². The van der Waals surface area contributed by atoms with Crippen LogP contribution >= 0.6 is 0 Å². The van der Waals surface area contributed by atoms with Gasteiger partial charge in [0.15, 0.2) is 0 Å². The first-order valence-corrected chi connectivity index (χ1v) is 11.1. The molecule has 2 aromatic carbocycles. The van der Waals surface area contributed by atoms with E-state index in [9.17, 15) is 9.59 Å². The second-order valence-corrected chi connectivity index (χ2v) is 8.09. The van der Waals surface area contributed by atoms with Crippen LogP contribution in [0.3, 0.4) is 0 Å². The molecule has 170 valence electrons.